The molecular weight excluding hydrogens is 827 g/mol. The summed E-state index contributed by atoms with van der Waals surface area (Å²) in [5, 5.41) is 54.4. The van der Waals surface area contributed by atoms with Gasteiger partial charge in [-0.1, -0.05) is 216 Å². The fourth-order valence-corrected chi connectivity index (χ4v) is 8.40. The average Bonchev–Trinajstić information content (AvgIpc) is 3.32. The molecule has 1 fully saturated rings. The zero-order valence-corrected chi connectivity index (χ0v) is 42.4. The molecule has 1 aliphatic rings. The van der Waals surface area contributed by atoms with Crippen LogP contribution in [0.3, 0.4) is 0 Å². The summed E-state index contributed by atoms with van der Waals surface area (Å²) in [6.45, 7) is 3.75. The van der Waals surface area contributed by atoms with Crippen LogP contribution < -0.4 is 5.32 Å². The molecule has 0 bridgehead atoms. The molecule has 7 unspecified atom stereocenters. The molecule has 1 saturated heterocycles. The maximum absolute atomic E-state index is 13.0. The van der Waals surface area contributed by atoms with Gasteiger partial charge in [0.1, 0.15) is 24.4 Å². The summed E-state index contributed by atoms with van der Waals surface area (Å²) in [6.07, 6.45) is 55.6. The Bertz CT molecular complexity index is 1220. The summed E-state index contributed by atoms with van der Waals surface area (Å²) >= 11 is 0. The molecule has 9 nitrogen and oxygen atoms in total. The molecule has 1 amide bonds. The monoisotopic (exact) mass is 930 g/mol. The standard InChI is InChI=1S/C57H103NO8/c1-3-5-7-9-11-13-15-17-19-21-23-25-27-28-30-32-34-36-38-40-42-44-46-51(60)50(49-65-57-56(64)55(63)54(62)52(48-59)66-57)58-53(61)47-45-43-41-39-37-35-33-31-29-26-24-22-20-18-16-14-12-10-8-6-4-2/h16,18,22,24,28,30,36,38,44,46,50-52,54-57,59-60,62-64H,3-15,17,19-21,23,25-27,29,31-35,37,39-43,45,47-49H2,1-2H3,(H,58,61)/b18-16-,24-22-,30-28+,38-36+,46-44+. The van der Waals surface area contributed by atoms with Crippen molar-refractivity contribution >= 4 is 5.91 Å². The first-order valence-corrected chi connectivity index (χ1v) is 27.5. The number of amides is 1. The van der Waals surface area contributed by atoms with Crippen LogP contribution in [0.1, 0.15) is 239 Å². The molecule has 384 valence electrons. The zero-order valence-electron chi connectivity index (χ0n) is 42.4. The van der Waals surface area contributed by atoms with Gasteiger partial charge >= 0.3 is 0 Å². The molecule has 7 atom stereocenters. The Morgan fingerprint density at radius 1 is 0.515 bits per heavy atom. The molecule has 1 aliphatic heterocycles. The molecular formula is C57H103NO8. The van der Waals surface area contributed by atoms with E-state index in [1.54, 1.807) is 6.08 Å². The predicted molar refractivity (Wildman–Crippen MR) is 276 cm³/mol. The lowest BCUT2D eigenvalue weighted by Crippen LogP contribution is -2.60. The normalized spacial score (nSPS) is 20.3. The van der Waals surface area contributed by atoms with Crippen LogP contribution in [0.2, 0.25) is 0 Å². The lowest BCUT2D eigenvalue weighted by Gasteiger charge is -2.40. The second-order valence-electron chi connectivity index (χ2n) is 19.0. The number of hydrogen-bond donors (Lipinski definition) is 6. The lowest BCUT2D eigenvalue weighted by molar-refractivity contribution is -0.302. The van der Waals surface area contributed by atoms with Gasteiger partial charge in [0.05, 0.1) is 25.4 Å². The first kappa shape index (κ1) is 61.9. The summed E-state index contributed by atoms with van der Waals surface area (Å²) in [5.74, 6) is -0.196. The van der Waals surface area contributed by atoms with Gasteiger partial charge < -0.3 is 40.3 Å². The Morgan fingerprint density at radius 2 is 0.909 bits per heavy atom. The molecule has 6 N–H and O–H groups in total. The van der Waals surface area contributed by atoms with E-state index in [4.69, 9.17) is 9.47 Å². The summed E-state index contributed by atoms with van der Waals surface area (Å²) in [6, 6.07) is -0.833. The molecule has 1 rings (SSSR count). The van der Waals surface area contributed by atoms with Crippen molar-refractivity contribution in [2.45, 2.75) is 281 Å². The van der Waals surface area contributed by atoms with Gasteiger partial charge in [0.25, 0.3) is 0 Å². The van der Waals surface area contributed by atoms with Crippen molar-refractivity contribution in [1.29, 1.82) is 0 Å². The first-order valence-electron chi connectivity index (χ1n) is 27.5. The Morgan fingerprint density at radius 3 is 1.36 bits per heavy atom. The van der Waals surface area contributed by atoms with Crippen LogP contribution >= 0.6 is 0 Å². The number of unbranched alkanes of at least 4 members (excludes halogenated alkanes) is 28. The van der Waals surface area contributed by atoms with Gasteiger partial charge in [0.15, 0.2) is 6.29 Å². The number of aliphatic hydroxyl groups is 5. The minimum atomic E-state index is -1.58. The van der Waals surface area contributed by atoms with E-state index in [0.29, 0.717) is 6.42 Å². The molecule has 0 aliphatic carbocycles. The third-order valence-corrected chi connectivity index (χ3v) is 12.8. The van der Waals surface area contributed by atoms with Gasteiger partial charge in [-0.2, -0.15) is 0 Å². The molecule has 0 aromatic heterocycles. The highest BCUT2D eigenvalue weighted by Crippen LogP contribution is 2.23. The smallest absolute Gasteiger partial charge is 0.220 e. The van der Waals surface area contributed by atoms with Crippen LogP contribution in [0.15, 0.2) is 60.8 Å². The van der Waals surface area contributed by atoms with Gasteiger partial charge in [-0.05, 0) is 77.0 Å². The fraction of sp³-hybridized carbons (Fsp3) is 0.807. The Balaban J connectivity index is 2.31. The van der Waals surface area contributed by atoms with Crippen molar-refractivity contribution in [1.82, 2.24) is 5.32 Å². The summed E-state index contributed by atoms with van der Waals surface area (Å²) in [5.41, 5.74) is 0. The Labute approximate surface area is 405 Å². The quantitative estimate of drug-likeness (QED) is 0.0261. The number of nitrogens with one attached hydrogen (secondary N) is 1. The third-order valence-electron chi connectivity index (χ3n) is 12.8. The van der Waals surface area contributed by atoms with Crippen LogP contribution in [0.25, 0.3) is 0 Å². The highest BCUT2D eigenvalue weighted by atomic mass is 16.7. The number of aliphatic hydroxyl groups excluding tert-OH is 5. The minimum Gasteiger partial charge on any atom is -0.394 e. The SMILES string of the molecule is CCCCCCC/C=C\C/C=C\CCCCCCCCCCCC(=O)NC(COC1OC(CO)C(O)C(O)C1O)C(O)/C=C/CC/C=C/CC/C=C/CCCCCCCCCCCCCC. The van der Waals surface area contributed by atoms with E-state index in [1.807, 2.05) is 6.08 Å². The van der Waals surface area contributed by atoms with Crippen molar-refractivity contribution in [3.05, 3.63) is 60.8 Å². The zero-order chi connectivity index (χ0) is 48.0. The highest BCUT2D eigenvalue weighted by Gasteiger charge is 2.44. The second kappa shape index (κ2) is 46.6. The molecule has 0 radical (unpaired) electrons. The van der Waals surface area contributed by atoms with Gasteiger partial charge in [-0.3, -0.25) is 4.79 Å². The minimum absolute atomic E-state index is 0.196. The molecule has 0 aromatic carbocycles. The molecule has 66 heavy (non-hydrogen) atoms. The van der Waals surface area contributed by atoms with Crippen LogP contribution in [0.5, 0.6) is 0 Å². The number of rotatable bonds is 46. The lowest BCUT2D eigenvalue weighted by atomic mass is 9.99. The van der Waals surface area contributed by atoms with Gasteiger partial charge in [0, 0.05) is 6.42 Å². The number of ether oxygens (including phenoxy) is 2. The fourth-order valence-electron chi connectivity index (χ4n) is 8.40. The Hall–Kier alpha value is -2.11. The molecule has 0 spiro atoms. The van der Waals surface area contributed by atoms with E-state index >= 15 is 0 Å². The molecule has 1 heterocycles. The van der Waals surface area contributed by atoms with E-state index in [0.717, 1.165) is 64.2 Å². The maximum atomic E-state index is 13.0. The van der Waals surface area contributed by atoms with Gasteiger partial charge in [-0.15, -0.1) is 0 Å². The number of allylic oxidation sites excluding steroid dienone is 9. The second-order valence-corrected chi connectivity index (χ2v) is 19.0. The van der Waals surface area contributed by atoms with Crippen molar-refractivity contribution in [2.24, 2.45) is 0 Å². The van der Waals surface area contributed by atoms with E-state index in [2.05, 4.69) is 67.8 Å². The largest absolute Gasteiger partial charge is 0.394 e. The van der Waals surface area contributed by atoms with Crippen molar-refractivity contribution in [3.8, 4) is 0 Å². The van der Waals surface area contributed by atoms with E-state index in [-0.39, 0.29) is 12.5 Å². The third kappa shape index (κ3) is 36.0. The van der Waals surface area contributed by atoms with E-state index in [9.17, 15) is 30.3 Å². The number of hydrogen-bond acceptors (Lipinski definition) is 8. The summed E-state index contributed by atoms with van der Waals surface area (Å²) in [7, 11) is 0. The van der Waals surface area contributed by atoms with E-state index in [1.165, 1.54) is 154 Å². The first-order chi connectivity index (χ1) is 32.3. The Kier molecular flexibility index (Phi) is 43.7. The molecule has 0 saturated carbocycles. The van der Waals surface area contributed by atoms with Crippen LogP contribution in [-0.4, -0.2) is 87.5 Å². The van der Waals surface area contributed by atoms with Crippen molar-refractivity contribution < 1.29 is 39.8 Å². The number of carbonyl (C=O) groups is 1. The average molecular weight is 930 g/mol. The van der Waals surface area contributed by atoms with Crippen LogP contribution in [0, 0.1) is 0 Å². The van der Waals surface area contributed by atoms with Gasteiger partial charge in [0.2, 0.25) is 5.91 Å². The van der Waals surface area contributed by atoms with Crippen LogP contribution in [0.4, 0.5) is 0 Å². The number of carbonyl (C=O) groups excluding carboxylic acids is 1. The summed E-state index contributed by atoms with van der Waals surface area (Å²) < 4.78 is 11.2. The van der Waals surface area contributed by atoms with Crippen molar-refractivity contribution in [3.63, 3.8) is 0 Å². The maximum Gasteiger partial charge on any atom is 0.220 e. The highest BCUT2D eigenvalue weighted by molar-refractivity contribution is 5.76. The summed E-state index contributed by atoms with van der Waals surface area (Å²) in [4.78, 5) is 13.0. The predicted octanol–water partition coefficient (Wildman–Crippen LogP) is 13.1. The molecule has 9 heteroatoms. The topological polar surface area (TPSA) is 149 Å². The van der Waals surface area contributed by atoms with Crippen LogP contribution in [-0.2, 0) is 14.3 Å². The van der Waals surface area contributed by atoms with E-state index < -0.39 is 49.5 Å². The molecule has 0 aromatic rings. The van der Waals surface area contributed by atoms with Crippen molar-refractivity contribution in [2.75, 3.05) is 13.2 Å². The van der Waals surface area contributed by atoms with Gasteiger partial charge in [-0.25, -0.2) is 0 Å².